The molecule has 8 aromatic rings. The van der Waals surface area contributed by atoms with Crippen LogP contribution in [-0.4, -0.2) is 71.3 Å². The van der Waals surface area contributed by atoms with Crippen molar-refractivity contribution < 1.29 is 13.7 Å². The number of ether oxygens (including phenoxy) is 1. The first-order chi connectivity index (χ1) is 56.3. The summed E-state index contributed by atoms with van der Waals surface area (Å²) in [5, 5.41) is 6.68. The molecule has 0 aliphatic carbocycles. The molecule has 1 saturated heterocycles. The molecule has 1 atom stereocenters. The molecule has 0 unspecified atom stereocenters. The molecule has 0 radical (unpaired) electrons. The highest BCUT2D eigenvalue weighted by molar-refractivity contribution is 7.13. The molecule has 0 saturated carbocycles. The number of aromatic amines is 2. The van der Waals surface area contributed by atoms with Gasteiger partial charge >= 0.3 is 0 Å². The molecule has 9 heterocycles. The Balaban J connectivity index is 0.00000142. The summed E-state index contributed by atoms with van der Waals surface area (Å²) in [6, 6.07) is 0. The fourth-order valence-electron chi connectivity index (χ4n) is 15.6. The number of hydrogen-bond acceptors (Lipinski definition) is 13. The molecule has 15 heteroatoms. The van der Waals surface area contributed by atoms with Crippen LogP contribution < -0.4 is 0 Å². The zero-order valence-electron chi connectivity index (χ0n) is 96.2. The molecule has 738 valence electrons. The minimum absolute atomic E-state index is 0.00569. The summed E-state index contributed by atoms with van der Waals surface area (Å²) in [5.74, 6) is 3.92. The van der Waals surface area contributed by atoms with Gasteiger partial charge in [0.15, 0.2) is 5.89 Å². The number of hydrogen-bond donors (Lipinski definition) is 2. The zero-order valence-corrected chi connectivity index (χ0v) is 99.5. The number of imidazole rings is 1. The highest BCUT2D eigenvalue weighted by Gasteiger charge is 2.36. The van der Waals surface area contributed by atoms with Gasteiger partial charge in [-0.1, -0.05) is 351 Å². The van der Waals surface area contributed by atoms with Crippen molar-refractivity contribution in [1.29, 1.82) is 0 Å². The summed E-state index contributed by atoms with van der Waals surface area (Å²) in [6.07, 6.45) is 0.406. The molecule has 9 rings (SSSR count). The van der Waals surface area contributed by atoms with E-state index in [-0.39, 0.29) is 86.6 Å². The Hall–Kier alpha value is -4.51. The topological polar surface area (TPSA) is 135 Å². The zero-order chi connectivity index (χ0) is 102. The average Bonchev–Trinajstić information content (AvgIpc) is 1.63. The first kappa shape index (κ1) is 123. The van der Waals surface area contributed by atoms with Crippen LogP contribution in [0, 0.1) is 76.2 Å². The Morgan fingerprint density at radius 1 is 0.312 bits per heavy atom. The fourth-order valence-corrected chi connectivity index (χ4v) is 20.8. The molecular weight excluding hydrogens is 1650 g/mol. The number of H-pyrrole nitrogens is 2. The third-order valence-corrected chi connectivity index (χ3v) is 29.1. The molecule has 1 aliphatic rings. The van der Waals surface area contributed by atoms with Gasteiger partial charge in [-0.2, -0.15) is 0 Å². The molecule has 128 heavy (non-hydrogen) atoms. The lowest BCUT2D eigenvalue weighted by molar-refractivity contribution is -0.0494. The predicted molar refractivity (Wildman–Crippen MR) is 575 cm³/mol. The van der Waals surface area contributed by atoms with E-state index >= 15 is 0 Å². The number of thiophene rings is 2. The smallest absolute Gasteiger partial charge is 0.200 e. The summed E-state index contributed by atoms with van der Waals surface area (Å²) >= 11 is 7.67. The lowest BCUT2D eigenvalue weighted by Gasteiger charge is -2.40. The number of aromatic nitrogens is 7. The van der Waals surface area contributed by atoms with Gasteiger partial charge in [0.2, 0.25) is 0 Å². The Morgan fingerprint density at radius 2 is 0.695 bits per heavy atom. The second-order valence-electron chi connectivity index (χ2n) is 53.8. The number of morpholine rings is 1. The van der Waals surface area contributed by atoms with Crippen LogP contribution in [0.25, 0.3) is 0 Å². The van der Waals surface area contributed by atoms with Crippen LogP contribution in [0.3, 0.4) is 0 Å². The van der Waals surface area contributed by atoms with Crippen molar-refractivity contribution in [3.05, 3.63) is 147 Å². The van der Waals surface area contributed by atoms with E-state index in [0.29, 0.717) is 11.6 Å². The van der Waals surface area contributed by atoms with Crippen LogP contribution in [0.4, 0.5) is 0 Å². The maximum Gasteiger partial charge on any atom is 0.200 e. The van der Waals surface area contributed by atoms with Crippen LogP contribution in [-0.2, 0) is 91.4 Å². The fraction of sp³-hybridized carbons (Fsp3) is 0.761. The maximum absolute atomic E-state index is 5.83. The summed E-state index contributed by atoms with van der Waals surface area (Å²) < 4.78 is 16.7. The summed E-state index contributed by atoms with van der Waals surface area (Å²) in [5.41, 5.74) is 22.8. The van der Waals surface area contributed by atoms with Crippen molar-refractivity contribution in [3.63, 3.8) is 0 Å². The Morgan fingerprint density at radius 3 is 0.898 bits per heavy atom. The van der Waals surface area contributed by atoms with Gasteiger partial charge in [-0.3, -0.25) is 4.90 Å². The molecule has 1 aliphatic heterocycles. The summed E-state index contributed by atoms with van der Waals surface area (Å²) in [4.78, 5) is 37.0. The van der Waals surface area contributed by atoms with Crippen LogP contribution in [0.15, 0.2) is 8.94 Å². The summed E-state index contributed by atoms with van der Waals surface area (Å²) in [6.45, 7) is 147. The quantitative estimate of drug-likeness (QED) is 0.152. The van der Waals surface area contributed by atoms with Gasteiger partial charge < -0.3 is 23.6 Å². The lowest BCUT2D eigenvalue weighted by Crippen LogP contribution is -2.50. The van der Waals surface area contributed by atoms with Gasteiger partial charge in [-0.15, -0.1) is 45.3 Å². The van der Waals surface area contributed by atoms with E-state index in [0.717, 1.165) is 54.3 Å². The molecular formula is C113H204N8O3S4. The van der Waals surface area contributed by atoms with Crippen LogP contribution >= 0.6 is 45.3 Å². The van der Waals surface area contributed by atoms with E-state index < -0.39 is 0 Å². The summed E-state index contributed by atoms with van der Waals surface area (Å²) in [7, 11) is 0. The Labute approximate surface area is 808 Å². The van der Waals surface area contributed by atoms with Gasteiger partial charge in [-0.05, 0) is 164 Å². The van der Waals surface area contributed by atoms with Crippen LogP contribution in [0.1, 0.15) is 521 Å². The molecule has 1 fully saturated rings. The maximum atomic E-state index is 5.83. The number of rotatable bonds is 0. The third-order valence-electron chi connectivity index (χ3n) is 21.8. The standard InChI is InChI=1S/C14H25N.2C14H24S.C12H22N2.2C12H21NO.2C12H21NS.C9H19NO.C2H6/c1-9-10(2)12(14(6,7)8)15-11(9)13(3,4)5;1-9-11(13(3,4)5)10(2)15-12(9)14(6,7)8;1-9-10(2)12(14(6,7)8)15-11(9)13(3,4)5;2*1-8-9(11(2,3)4)14-10(13-8)12(5,6)7;1-8-9(11(2,3)4)13-14-10(8)12(5,6)7;1-8-9(11(2,3)4)13-10(14-8)12(5,6)7;1-8-9(11(2,3)4)14-10(13-8)12(5,6)7;1-8-7-10(5-6-11-8)9(2,3)4;1-2/h15H,1-8H3;2*1-8H3;1-7H3,(H,13,14);4*1-7H3;8H,5-7H2,1-4H3;1-2H3/t;;;;;;;;8-;/m........0./s1. The van der Waals surface area contributed by atoms with Gasteiger partial charge in [0.05, 0.1) is 51.2 Å². The van der Waals surface area contributed by atoms with Crippen molar-refractivity contribution in [1.82, 2.24) is 40.0 Å². The van der Waals surface area contributed by atoms with Crippen molar-refractivity contribution in [2.24, 2.45) is 0 Å². The normalized spacial score (nSPS) is 14.5. The minimum Gasteiger partial charge on any atom is -0.444 e. The predicted octanol–water partition coefficient (Wildman–Crippen LogP) is 35.2. The van der Waals surface area contributed by atoms with Gasteiger partial charge in [-0.25, -0.2) is 19.9 Å². The van der Waals surface area contributed by atoms with Gasteiger partial charge in [0, 0.05) is 130 Å². The first-order valence-electron chi connectivity index (χ1n) is 48.1. The van der Waals surface area contributed by atoms with E-state index in [9.17, 15) is 0 Å². The molecule has 2 N–H and O–H groups in total. The second kappa shape index (κ2) is 44.5. The molecule has 0 spiro atoms. The largest absolute Gasteiger partial charge is 0.444 e. The van der Waals surface area contributed by atoms with E-state index in [1.165, 1.54) is 92.2 Å². The Bertz CT molecular complexity index is 4190. The van der Waals surface area contributed by atoms with E-state index in [4.69, 9.17) is 23.6 Å². The van der Waals surface area contributed by atoms with Crippen LogP contribution in [0.5, 0.6) is 0 Å². The van der Waals surface area contributed by atoms with E-state index in [1.54, 1.807) is 20.2 Å². The molecule has 0 bridgehead atoms. The van der Waals surface area contributed by atoms with Gasteiger partial charge in [0.25, 0.3) is 0 Å². The first-order valence-corrected chi connectivity index (χ1v) is 51.3. The number of nitrogens with zero attached hydrogens (tertiary/aromatic N) is 6. The third kappa shape index (κ3) is 37.6. The van der Waals surface area contributed by atoms with Crippen molar-refractivity contribution >= 4 is 45.3 Å². The highest BCUT2D eigenvalue weighted by Crippen LogP contribution is 2.45. The second-order valence-corrected chi connectivity index (χ2v) is 58.2. The van der Waals surface area contributed by atoms with Crippen molar-refractivity contribution in [2.45, 2.75) is 548 Å². The van der Waals surface area contributed by atoms with Crippen LogP contribution in [0.2, 0.25) is 0 Å². The highest BCUT2D eigenvalue weighted by atomic mass is 32.1. The monoisotopic (exact) mass is 1850 g/mol. The lowest BCUT2D eigenvalue weighted by atomic mass is 9.81. The van der Waals surface area contributed by atoms with Crippen molar-refractivity contribution in [2.75, 3.05) is 19.7 Å². The Kier molecular flexibility index (Phi) is 43.0. The molecule has 8 aromatic heterocycles. The van der Waals surface area contributed by atoms with Gasteiger partial charge in [0.1, 0.15) is 17.3 Å². The number of oxazole rings is 1. The average molecular weight is 1850 g/mol. The molecule has 0 aromatic carbocycles. The molecule has 11 nitrogen and oxygen atoms in total. The van der Waals surface area contributed by atoms with Crippen molar-refractivity contribution in [3.8, 4) is 0 Å². The molecule has 0 amide bonds. The minimum atomic E-state index is -0.00569. The number of thiazole rings is 2. The van der Waals surface area contributed by atoms with E-state index in [2.05, 4.69) is 459 Å². The number of aryl methyl sites for hydroxylation is 5. The number of nitrogens with one attached hydrogen (secondary N) is 2. The SMILES string of the molecule is CC.C[C@H]1CN(C(C)(C)C)CCO1.Cc1[nH]c(C(C)(C)C)nc1C(C)(C)C.Cc1c(C(C)(C)C)[nH]c(C(C)(C)C)c1C.Cc1c(C(C)(C)C)noc1C(C)(C)C.Cc1c(C(C)(C)C)sc(C(C)(C)C)c1C.Cc1nc(C(C)(C)C)oc1C(C)(C)C.Cc1nc(C(C)(C)C)sc1C(C)(C)C.Cc1sc(C(C)(C)C)c(C)c1C(C)(C)C.Cc1sc(C(C)(C)C)nc1C(C)(C)C. The van der Waals surface area contributed by atoms with E-state index in [1.807, 2.05) is 66.1 Å².